The van der Waals surface area contributed by atoms with Gasteiger partial charge in [-0.1, -0.05) is 30.3 Å². The summed E-state index contributed by atoms with van der Waals surface area (Å²) >= 11 is 0. The highest BCUT2D eigenvalue weighted by Gasteiger charge is 2.27. The van der Waals surface area contributed by atoms with Gasteiger partial charge in [0.2, 0.25) is 0 Å². The smallest absolute Gasteiger partial charge is 0.317 e. The maximum absolute atomic E-state index is 12.5. The molecule has 0 radical (unpaired) electrons. The molecule has 2 atom stereocenters. The van der Waals surface area contributed by atoms with E-state index >= 15 is 0 Å². The van der Waals surface area contributed by atoms with E-state index < -0.39 is 0 Å². The number of nitrogens with zero attached hydrogens (tertiary/aromatic N) is 2. The highest BCUT2D eigenvalue weighted by atomic mass is 16.5. The minimum absolute atomic E-state index is 0.0957. The van der Waals surface area contributed by atoms with Crippen molar-refractivity contribution in [2.75, 3.05) is 33.3 Å². The summed E-state index contributed by atoms with van der Waals surface area (Å²) in [6, 6.07) is 10.9. The minimum Gasteiger partial charge on any atom is -0.381 e. The number of carbonyl (C=O) groups is 1. The van der Waals surface area contributed by atoms with E-state index in [1.165, 1.54) is 5.56 Å². The summed E-state index contributed by atoms with van der Waals surface area (Å²) in [6.07, 6.45) is 4.35. The van der Waals surface area contributed by atoms with Gasteiger partial charge >= 0.3 is 6.03 Å². The first kappa shape index (κ1) is 17.2. The fraction of sp³-hybridized carbons (Fsp3) is 0.632. The number of carbonyl (C=O) groups excluding carboxylic acids is 1. The number of hydrogen-bond donors (Lipinski definition) is 1. The predicted molar refractivity (Wildman–Crippen MR) is 94.9 cm³/mol. The van der Waals surface area contributed by atoms with Crippen LogP contribution in [0.5, 0.6) is 0 Å². The molecular formula is C19H29N3O2. The number of amides is 2. The van der Waals surface area contributed by atoms with Crippen molar-refractivity contribution in [1.82, 2.24) is 15.1 Å². The SMILES string of the molecule is CO[C@H]1CC[C@H](NC(=O)N2CCCN(Cc3ccccc3)CC2)C1. The average Bonchev–Trinajstić information content (AvgIpc) is 2.92. The summed E-state index contributed by atoms with van der Waals surface area (Å²) in [7, 11) is 1.75. The van der Waals surface area contributed by atoms with Crippen LogP contribution >= 0.6 is 0 Å². The van der Waals surface area contributed by atoms with E-state index in [4.69, 9.17) is 4.74 Å². The Labute approximate surface area is 145 Å². The fourth-order valence-electron chi connectivity index (χ4n) is 3.72. The molecule has 1 heterocycles. The molecule has 1 aromatic carbocycles. The van der Waals surface area contributed by atoms with Crippen molar-refractivity contribution in [2.24, 2.45) is 0 Å². The van der Waals surface area contributed by atoms with Crippen molar-refractivity contribution in [3.8, 4) is 0 Å². The summed E-state index contributed by atoms with van der Waals surface area (Å²) in [6.45, 7) is 4.60. The molecule has 1 aromatic rings. The van der Waals surface area contributed by atoms with Crippen molar-refractivity contribution >= 4 is 6.03 Å². The van der Waals surface area contributed by atoms with Gasteiger partial charge in [0, 0.05) is 45.9 Å². The zero-order chi connectivity index (χ0) is 16.8. The summed E-state index contributed by atoms with van der Waals surface area (Å²) < 4.78 is 5.39. The third-order valence-corrected chi connectivity index (χ3v) is 5.17. The molecule has 1 aliphatic carbocycles. The Kier molecular flexibility index (Phi) is 6.10. The number of rotatable bonds is 4. The van der Waals surface area contributed by atoms with Gasteiger partial charge in [0.25, 0.3) is 0 Å². The minimum atomic E-state index is 0.0957. The molecule has 2 fully saturated rings. The second-order valence-electron chi connectivity index (χ2n) is 6.92. The molecule has 1 aliphatic heterocycles. The van der Waals surface area contributed by atoms with Gasteiger partial charge < -0.3 is 15.0 Å². The third-order valence-electron chi connectivity index (χ3n) is 5.17. The molecule has 132 valence electrons. The molecule has 0 aromatic heterocycles. The Bertz CT molecular complexity index is 523. The zero-order valence-electron chi connectivity index (χ0n) is 14.6. The maximum Gasteiger partial charge on any atom is 0.317 e. The van der Waals surface area contributed by atoms with Crippen LogP contribution in [0, 0.1) is 0 Å². The number of ether oxygens (including phenoxy) is 1. The van der Waals surface area contributed by atoms with E-state index in [2.05, 4.69) is 40.5 Å². The van der Waals surface area contributed by atoms with Crippen LogP contribution in [-0.4, -0.2) is 61.3 Å². The van der Waals surface area contributed by atoms with Gasteiger partial charge in [-0.25, -0.2) is 4.79 Å². The van der Waals surface area contributed by atoms with Gasteiger partial charge in [-0.3, -0.25) is 4.90 Å². The monoisotopic (exact) mass is 331 g/mol. The van der Waals surface area contributed by atoms with Gasteiger partial charge in [-0.2, -0.15) is 0 Å². The Morgan fingerprint density at radius 1 is 1.17 bits per heavy atom. The van der Waals surface area contributed by atoms with Gasteiger partial charge in [0.15, 0.2) is 0 Å². The van der Waals surface area contributed by atoms with Crippen molar-refractivity contribution in [3.63, 3.8) is 0 Å². The van der Waals surface area contributed by atoms with Crippen LogP contribution in [0.2, 0.25) is 0 Å². The predicted octanol–water partition coefficient (Wildman–Crippen LogP) is 2.47. The van der Waals surface area contributed by atoms with Crippen LogP contribution in [0.25, 0.3) is 0 Å². The molecule has 0 spiro atoms. The molecule has 0 unspecified atom stereocenters. The number of benzene rings is 1. The molecule has 0 bridgehead atoms. The fourth-order valence-corrected chi connectivity index (χ4v) is 3.72. The number of urea groups is 1. The molecule has 3 rings (SSSR count). The first-order chi connectivity index (χ1) is 11.7. The topological polar surface area (TPSA) is 44.8 Å². The van der Waals surface area contributed by atoms with Gasteiger partial charge in [-0.05, 0) is 31.2 Å². The lowest BCUT2D eigenvalue weighted by atomic mass is 10.2. The van der Waals surface area contributed by atoms with E-state index in [0.29, 0.717) is 6.10 Å². The van der Waals surface area contributed by atoms with Crippen LogP contribution in [0.3, 0.4) is 0 Å². The molecular weight excluding hydrogens is 302 g/mol. The summed E-state index contributed by atoms with van der Waals surface area (Å²) in [5.74, 6) is 0. The number of hydrogen-bond acceptors (Lipinski definition) is 3. The van der Waals surface area contributed by atoms with Crippen LogP contribution in [0.4, 0.5) is 4.79 Å². The molecule has 24 heavy (non-hydrogen) atoms. The third kappa shape index (κ3) is 4.71. The van der Waals surface area contributed by atoms with Crippen LogP contribution in [-0.2, 0) is 11.3 Å². The summed E-state index contributed by atoms with van der Waals surface area (Å²) in [5, 5.41) is 3.19. The van der Waals surface area contributed by atoms with E-state index in [0.717, 1.165) is 58.4 Å². The highest BCUT2D eigenvalue weighted by molar-refractivity contribution is 5.74. The molecule has 1 saturated heterocycles. The zero-order valence-corrected chi connectivity index (χ0v) is 14.6. The van der Waals surface area contributed by atoms with Gasteiger partial charge in [0.05, 0.1) is 6.10 Å². The summed E-state index contributed by atoms with van der Waals surface area (Å²) in [5.41, 5.74) is 1.34. The van der Waals surface area contributed by atoms with Crippen LogP contribution in [0.1, 0.15) is 31.2 Å². The quantitative estimate of drug-likeness (QED) is 0.922. The number of methoxy groups -OCH3 is 1. The van der Waals surface area contributed by atoms with Crippen LogP contribution in [0.15, 0.2) is 30.3 Å². The van der Waals surface area contributed by atoms with Gasteiger partial charge in [-0.15, -0.1) is 0 Å². The van der Waals surface area contributed by atoms with Crippen molar-refractivity contribution in [3.05, 3.63) is 35.9 Å². The van der Waals surface area contributed by atoms with E-state index in [1.54, 1.807) is 7.11 Å². The second-order valence-corrected chi connectivity index (χ2v) is 6.92. The molecule has 2 aliphatic rings. The van der Waals surface area contributed by atoms with Crippen molar-refractivity contribution < 1.29 is 9.53 Å². The first-order valence-electron chi connectivity index (χ1n) is 9.09. The van der Waals surface area contributed by atoms with Crippen molar-refractivity contribution in [2.45, 2.75) is 44.4 Å². The number of nitrogens with one attached hydrogen (secondary N) is 1. The first-order valence-corrected chi connectivity index (χ1v) is 9.09. The standard InChI is InChI=1S/C19H29N3O2/c1-24-18-9-8-17(14-18)20-19(23)22-11-5-10-21(12-13-22)15-16-6-3-2-4-7-16/h2-4,6-7,17-18H,5,8-15H2,1H3,(H,20,23)/t17-,18-/m0/s1. The Morgan fingerprint density at radius 3 is 2.75 bits per heavy atom. The molecule has 1 N–H and O–H groups in total. The molecule has 1 saturated carbocycles. The Balaban J connectivity index is 1.45. The van der Waals surface area contributed by atoms with Crippen molar-refractivity contribution in [1.29, 1.82) is 0 Å². The lowest BCUT2D eigenvalue weighted by Crippen LogP contribution is -2.45. The van der Waals surface area contributed by atoms with E-state index in [9.17, 15) is 4.79 Å². The van der Waals surface area contributed by atoms with E-state index in [-0.39, 0.29) is 12.1 Å². The average molecular weight is 331 g/mol. The maximum atomic E-state index is 12.5. The normalized spacial score (nSPS) is 25.5. The lowest BCUT2D eigenvalue weighted by Gasteiger charge is -2.24. The highest BCUT2D eigenvalue weighted by Crippen LogP contribution is 2.21. The van der Waals surface area contributed by atoms with E-state index in [1.807, 2.05) is 4.90 Å². The second kappa shape index (κ2) is 8.49. The van der Waals surface area contributed by atoms with Crippen LogP contribution < -0.4 is 5.32 Å². The van der Waals surface area contributed by atoms with Gasteiger partial charge in [0.1, 0.15) is 0 Å². The lowest BCUT2D eigenvalue weighted by molar-refractivity contribution is 0.107. The Hall–Kier alpha value is -1.59. The summed E-state index contributed by atoms with van der Waals surface area (Å²) in [4.78, 5) is 16.9. The molecule has 2 amide bonds. The largest absolute Gasteiger partial charge is 0.381 e. The molecule has 5 heteroatoms. The Morgan fingerprint density at radius 2 is 2.00 bits per heavy atom. The molecule has 5 nitrogen and oxygen atoms in total.